The van der Waals surface area contributed by atoms with E-state index in [1.165, 1.54) is 6.26 Å². The summed E-state index contributed by atoms with van der Waals surface area (Å²) in [6, 6.07) is 9.42. The quantitative estimate of drug-likeness (QED) is 0.848. The standard InChI is InChI=1S/C13H20O3S/c1-3-13(14,10-7-11-17(2,15)16)12-8-5-4-6-9-12/h4-6,8-9,14H,3,7,10-11H2,1-2H3. The minimum atomic E-state index is -2.95. The van der Waals surface area contributed by atoms with E-state index in [0.29, 0.717) is 19.3 Å². The minimum Gasteiger partial charge on any atom is -0.385 e. The summed E-state index contributed by atoms with van der Waals surface area (Å²) >= 11 is 0. The smallest absolute Gasteiger partial charge is 0.147 e. The Kier molecular flexibility index (Phi) is 4.71. The second kappa shape index (κ2) is 5.65. The van der Waals surface area contributed by atoms with Crippen LogP contribution in [0.3, 0.4) is 0 Å². The van der Waals surface area contributed by atoms with E-state index in [-0.39, 0.29) is 5.75 Å². The SMILES string of the molecule is CCC(O)(CCCS(C)(=O)=O)c1ccccc1. The summed E-state index contributed by atoms with van der Waals surface area (Å²) in [5, 5.41) is 10.5. The second-order valence-corrected chi connectivity index (χ2v) is 6.74. The largest absolute Gasteiger partial charge is 0.385 e. The Hall–Kier alpha value is -0.870. The molecule has 0 spiro atoms. The van der Waals surface area contributed by atoms with Crippen LogP contribution in [0, 0.1) is 0 Å². The van der Waals surface area contributed by atoms with E-state index in [1.807, 2.05) is 37.3 Å². The van der Waals surface area contributed by atoms with Gasteiger partial charge in [-0.2, -0.15) is 0 Å². The van der Waals surface area contributed by atoms with E-state index in [0.717, 1.165) is 5.56 Å². The zero-order valence-electron chi connectivity index (χ0n) is 10.4. The molecular formula is C13H20O3S. The van der Waals surface area contributed by atoms with Gasteiger partial charge in [-0.05, 0) is 24.8 Å². The second-order valence-electron chi connectivity index (χ2n) is 4.48. The van der Waals surface area contributed by atoms with Crippen LogP contribution in [-0.4, -0.2) is 25.5 Å². The monoisotopic (exact) mass is 256 g/mol. The third-order valence-electron chi connectivity index (χ3n) is 3.00. The summed E-state index contributed by atoms with van der Waals surface area (Å²) in [5.41, 5.74) is -0.0534. The third-order valence-corrected chi connectivity index (χ3v) is 4.03. The molecule has 1 unspecified atom stereocenters. The summed E-state index contributed by atoms with van der Waals surface area (Å²) in [7, 11) is -2.95. The summed E-state index contributed by atoms with van der Waals surface area (Å²) in [6.45, 7) is 1.91. The van der Waals surface area contributed by atoms with Crippen molar-refractivity contribution < 1.29 is 13.5 Å². The average molecular weight is 256 g/mol. The normalized spacial score (nSPS) is 15.5. The molecule has 1 aromatic rings. The number of rotatable bonds is 6. The van der Waals surface area contributed by atoms with Crippen molar-refractivity contribution in [3.63, 3.8) is 0 Å². The molecule has 0 fully saturated rings. The molecule has 0 aromatic heterocycles. The van der Waals surface area contributed by atoms with Crippen molar-refractivity contribution in [2.75, 3.05) is 12.0 Å². The topological polar surface area (TPSA) is 54.4 Å². The molecule has 0 aliphatic carbocycles. The maximum absolute atomic E-state index is 11.1. The van der Waals surface area contributed by atoms with Crippen molar-refractivity contribution in [1.82, 2.24) is 0 Å². The molecule has 0 amide bonds. The molecule has 0 bridgehead atoms. The lowest BCUT2D eigenvalue weighted by molar-refractivity contribution is 0.0228. The predicted molar refractivity (Wildman–Crippen MR) is 69.6 cm³/mol. The number of hydrogen-bond donors (Lipinski definition) is 1. The first-order chi connectivity index (χ1) is 7.87. The molecule has 1 rings (SSSR count). The van der Waals surface area contributed by atoms with E-state index >= 15 is 0 Å². The molecule has 0 heterocycles. The van der Waals surface area contributed by atoms with Gasteiger partial charge in [-0.1, -0.05) is 37.3 Å². The van der Waals surface area contributed by atoms with Crippen LogP contribution in [0.1, 0.15) is 31.7 Å². The molecule has 17 heavy (non-hydrogen) atoms. The zero-order chi connectivity index (χ0) is 12.9. The van der Waals surface area contributed by atoms with Gasteiger partial charge in [-0.15, -0.1) is 0 Å². The van der Waals surface area contributed by atoms with Gasteiger partial charge < -0.3 is 5.11 Å². The van der Waals surface area contributed by atoms with Crippen molar-refractivity contribution in [2.45, 2.75) is 31.8 Å². The highest BCUT2D eigenvalue weighted by Crippen LogP contribution is 2.29. The van der Waals surface area contributed by atoms with E-state index in [2.05, 4.69) is 0 Å². The first-order valence-electron chi connectivity index (χ1n) is 5.83. The Morgan fingerprint density at radius 3 is 2.29 bits per heavy atom. The molecule has 1 aromatic carbocycles. The highest BCUT2D eigenvalue weighted by molar-refractivity contribution is 7.90. The predicted octanol–water partition coefficient (Wildman–Crippen LogP) is 2.11. The van der Waals surface area contributed by atoms with E-state index < -0.39 is 15.4 Å². The van der Waals surface area contributed by atoms with E-state index in [4.69, 9.17) is 0 Å². The fraction of sp³-hybridized carbons (Fsp3) is 0.538. The Morgan fingerprint density at radius 2 is 1.82 bits per heavy atom. The summed E-state index contributed by atoms with van der Waals surface area (Å²) < 4.78 is 22.1. The third kappa shape index (κ3) is 4.48. The fourth-order valence-corrected chi connectivity index (χ4v) is 2.57. The first-order valence-corrected chi connectivity index (χ1v) is 7.89. The number of aliphatic hydroxyl groups is 1. The highest BCUT2D eigenvalue weighted by atomic mass is 32.2. The summed E-state index contributed by atoms with van der Waals surface area (Å²) in [4.78, 5) is 0. The zero-order valence-corrected chi connectivity index (χ0v) is 11.2. The van der Waals surface area contributed by atoms with Gasteiger partial charge in [0.05, 0.1) is 5.60 Å². The van der Waals surface area contributed by atoms with Gasteiger partial charge in [0.25, 0.3) is 0 Å². The molecule has 1 atom stereocenters. The fourth-order valence-electron chi connectivity index (χ4n) is 1.90. The summed E-state index contributed by atoms with van der Waals surface area (Å²) in [5.74, 6) is 0.127. The molecule has 1 N–H and O–H groups in total. The van der Waals surface area contributed by atoms with Crippen LogP contribution >= 0.6 is 0 Å². The molecule has 0 aliphatic heterocycles. The molecule has 0 saturated heterocycles. The Labute approximate surface area is 103 Å². The van der Waals surface area contributed by atoms with Crippen molar-refractivity contribution in [3.8, 4) is 0 Å². The number of sulfone groups is 1. The number of hydrogen-bond acceptors (Lipinski definition) is 3. The van der Waals surface area contributed by atoms with Crippen molar-refractivity contribution in [2.24, 2.45) is 0 Å². The average Bonchev–Trinajstić information content (AvgIpc) is 2.28. The van der Waals surface area contributed by atoms with Crippen LogP contribution in [-0.2, 0) is 15.4 Å². The van der Waals surface area contributed by atoms with Gasteiger partial charge >= 0.3 is 0 Å². The van der Waals surface area contributed by atoms with Crippen molar-refractivity contribution in [1.29, 1.82) is 0 Å². The first kappa shape index (κ1) is 14.2. The van der Waals surface area contributed by atoms with E-state index in [1.54, 1.807) is 0 Å². The van der Waals surface area contributed by atoms with Crippen LogP contribution < -0.4 is 0 Å². The van der Waals surface area contributed by atoms with E-state index in [9.17, 15) is 13.5 Å². The molecule has 0 radical (unpaired) electrons. The van der Waals surface area contributed by atoms with Gasteiger partial charge in [-0.3, -0.25) is 0 Å². The van der Waals surface area contributed by atoms with Gasteiger partial charge in [0.1, 0.15) is 9.84 Å². The lowest BCUT2D eigenvalue weighted by Crippen LogP contribution is -2.25. The molecule has 0 saturated carbocycles. The Morgan fingerprint density at radius 1 is 1.24 bits per heavy atom. The Balaban J connectivity index is 2.70. The maximum Gasteiger partial charge on any atom is 0.147 e. The molecular weight excluding hydrogens is 236 g/mol. The molecule has 3 nitrogen and oxygen atoms in total. The lowest BCUT2D eigenvalue weighted by Gasteiger charge is -2.27. The number of benzene rings is 1. The van der Waals surface area contributed by atoms with Gasteiger partial charge in [0, 0.05) is 12.0 Å². The lowest BCUT2D eigenvalue weighted by atomic mass is 9.87. The highest BCUT2D eigenvalue weighted by Gasteiger charge is 2.26. The molecule has 4 heteroatoms. The molecule has 96 valence electrons. The van der Waals surface area contributed by atoms with Gasteiger partial charge in [0.2, 0.25) is 0 Å². The summed E-state index contributed by atoms with van der Waals surface area (Å²) in [6.07, 6.45) is 2.76. The maximum atomic E-state index is 11.1. The van der Waals surface area contributed by atoms with Gasteiger partial charge in [-0.25, -0.2) is 8.42 Å². The van der Waals surface area contributed by atoms with Crippen LogP contribution in [0.15, 0.2) is 30.3 Å². The molecule has 0 aliphatic rings. The Bertz CT molecular complexity index is 439. The van der Waals surface area contributed by atoms with Crippen molar-refractivity contribution >= 4 is 9.84 Å². The van der Waals surface area contributed by atoms with Crippen molar-refractivity contribution in [3.05, 3.63) is 35.9 Å². The van der Waals surface area contributed by atoms with Crippen LogP contribution in [0.25, 0.3) is 0 Å². The van der Waals surface area contributed by atoms with Crippen LogP contribution in [0.4, 0.5) is 0 Å². The van der Waals surface area contributed by atoms with Crippen LogP contribution in [0.2, 0.25) is 0 Å². The minimum absolute atomic E-state index is 0.127. The van der Waals surface area contributed by atoms with Gasteiger partial charge in [0.15, 0.2) is 0 Å². The van der Waals surface area contributed by atoms with Crippen LogP contribution in [0.5, 0.6) is 0 Å².